The number of fused-ring (bicyclic) bond motifs is 1. The van der Waals surface area contributed by atoms with E-state index in [-0.39, 0.29) is 11.3 Å². The van der Waals surface area contributed by atoms with Crippen LogP contribution in [0, 0.1) is 0 Å². The summed E-state index contributed by atoms with van der Waals surface area (Å²) >= 11 is 0. The molecule has 0 bridgehead atoms. The van der Waals surface area contributed by atoms with Gasteiger partial charge in [-0.2, -0.15) is 5.10 Å². The van der Waals surface area contributed by atoms with Crippen molar-refractivity contribution in [2.24, 2.45) is 5.10 Å². The van der Waals surface area contributed by atoms with Gasteiger partial charge in [0.2, 0.25) is 0 Å². The number of hydrazone groups is 1. The number of phenols is 1. The molecule has 5 nitrogen and oxygen atoms in total. The zero-order valence-corrected chi connectivity index (χ0v) is 15.9. The topological polar surface area (TPSA) is 70.9 Å². The molecule has 0 aliphatic carbocycles. The Balaban J connectivity index is 1.68. The number of carbonyl (C=O) groups excluding carboxylic acids is 1. The fourth-order valence-electron chi connectivity index (χ4n) is 2.88. The van der Waals surface area contributed by atoms with Gasteiger partial charge in [0.15, 0.2) is 0 Å². The van der Waals surface area contributed by atoms with Gasteiger partial charge in [0.1, 0.15) is 11.5 Å². The zero-order valence-electron chi connectivity index (χ0n) is 15.9. The number of phenolic OH excluding ortho intramolecular Hbond substituents is 1. The summed E-state index contributed by atoms with van der Waals surface area (Å²) in [6, 6.07) is 18.3. The Morgan fingerprint density at radius 3 is 2.57 bits per heavy atom. The van der Waals surface area contributed by atoms with E-state index in [0.717, 1.165) is 41.3 Å². The van der Waals surface area contributed by atoms with Crippen LogP contribution in [0.4, 0.5) is 0 Å². The number of amides is 1. The molecule has 0 spiro atoms. The summed E-state index contributed by atoms with van der Waals surface area (Å²) in [6.45, 7) is 2.80. The summed E-state index contributed by atoms with van der Waals surface area (Å²) in [5.41, 5.74) is 3.43. The van der Waals surface area contributed by atoms with Crippen molar-refractivity contribution in [2.75, 3.05) is 6.61 Å². The first-order valence-corrected chi connectivity index (χ1v) is 9.46. The largest absolute Gasteiger partial charge is 0.507 e. The minimum atomic E-state index is -0.471. The molecule has 0 fully saturated rings. The van der Waals surface area contributed by atoms with E-state index in [2.05, 4.69) is 17.5 Å². The number of carbonyl (C=O) groups is 1. The molecular formula is C23H24N2O3. The van der Waals surface area contributed by atoms with Gasteiger partial charge in [-0.15, -0.1) is 0 Å². The molecule has 0 unspecified atom stereocenters. The highest BCUT2D eigenvalue weighted by atomic mass is 16.5. The molecule has 144 valence electrons. The van der Waals surface area contributed by atoms with E-state index in [4.69, 9.17) is 4.74 Å². The number of para-hydroxylation sites is 1. The van der Waals surface area contributed by atoms with Gasteiger partial charge in [-0.3, -0.25) is 4.79 Å². The normalized spacial score (nSPS) is 11.0. The van der Waals surface area contributed by atoms with E-state index in [1.807, 2.05) is 48.5 Å². The molecule has 0 aromatic heterocycles. The van der Waals surface area contributed by atoms with Gasteiger partial charge >= 0.3 is 0 Å². The number of benzene rings is 3. The van der Waals surface area contributed by atoms with Gasteiger partial charge in [-0.1, -0.05) is 56.2 Å². The summed E-state index contributed by atoms with van der Waals surface area (Å²) in [5, 5.41) is 15.9. The average molecular weight is 376 g/mol. The molecule has 2 N–H and O–H groups in total. The summed E-state index contributed by atoms with van der Waals surface area (Å²) in [4.78, 5) is 12.4. The van der Waals surface area contributed by atoms with Crippen molar-refractivity contribution >= 4 is 22.9 Å². The Kier molecular flexibility index (Phi) is 6.63. The maximum Gasteiger partial charge on any atom is 0.275 e. The van der Waals surface area contributed by atoms with Crippen LogP contribution < -0.4 is 10.2 Å². The van der Waals surface area contributed by atoms with Crippen molar-refractivity contribution in [2.45, 2.75) is 26.2 Å². The van der Waals surface area contributed by atoms with Gasteiger partial charge in [0.05, 0.1) is 18.4 Å². The maximum absolute atomic E-state index is 12.4. The van der Waals surface area contributed by atoms with E-state index >= 15 is 0 Å². The number of nitrogens with zero attached hydrogens (tertiary/aromatic N) is 1. The Morgan fingerprint density at radius 2 is 1.79 bits per heavy atom. The fraction of sp³-hybridized carbons (Fsp3) is 0.217. The second-order valence-electron chi connectivity index (χ2n) is 6.51. The first-order valence-electron chi connectivity index (χ1n) is 9.46. The maximum atomic E-state index is 12.4. The summed E-state index contributed by atoms with van der Waals surface area (Å²) in [7, 11) is 0. The number of hydrogen-bond donors (Lipinski definition) is 2. The van der Waals surface area contributed by atoms with E-state index in [9.17, 15) is 9.90 Å². The molecule has 3 rings (SSSR count). The minimum Gasteiger partial charge on any atom is -0.507 e. The van der Waals surface area contributed by atoms with Gasteiger partial charge in [0, 0.05) is 5.56 Å². The van der Waals surface area contributed by atoms with Crippen molar-refractivity contribution in [1.82, 2.24) is 5.43 Å². The lowest BCUT2D eigenvalue weighted by atomic mass is 10.1. The number of hydrogen-bond acceptors (Lipinski definition) is 4. The highest BCUT2D eigenvalue weighted by Gasteiger charge is 2.11. The predicted octanol–water partition coefficient (Wildman–Crippen LogP) is 4.88. The number of aromatic hydroxyl groups is 1. The van der Waals surface area contributed by atoms with Gasteiger partial charge in [-0.25, -0.2) is 5.43 Å². The molecular weight excluding hydrogens is 352 g/mol. The van der Waals surface area contributed by atoms with Gasteiger partial charge in [0.25, 0.3) is 5.91 Å². The lowest BCUT2D eigenvalue weighted by Crippen LogP contribution is -2.17. The standard InChI is InChI=1S/C23H24N2O3/c1-2-3-8-13-28-22-12-7-6-11-19(22)16-24-25-23(27)20-14-17-9-4-5-10-18(17)15-21(20)26/h4-7,9-12,14-16,26H,2-3,8,13H2,1H3,(H,25,27). The van der Waals surface area contributed by atoms with E-state index in [1.165, 1.54) is 0 Å². The van der Waals surface area contributed by atoms with Crippen LogP contribution in [0.5, 0.6) is 11.5 Å². The summed E-state index contributed by atoms with van der Waals surface area (Å²) < 4.78 is 5.80. The molecule has 3 aromatic rings. The van der Waals surface area contributed by atoms with Gasteiger partial charge in [-0.05, 0) is 41.5 Å². The Labute approximate surface area is 164 Å². The molecule has 0 saturated carbocycles. The monoisotopic (exact) mass is 376 g/mol. The Morgan fingerprint density at radius 1 is 1.07 bits per heavy atom. The van der Waals surface area contributed by atoms with Crippen LogP contribution in [0.3, 0.4) is 0 Å². The van der Waals surface area contributed by atoms with Crippen LogP contribution in [0.25, 0.3) is 10.8 Å². The number of ether oxygens (including phenoxy) is 1. The van der Waals surface area contributed by atoms with Crippen LogP contribution in [0.1, 0.15) is 42.1 Å². The smallest absolute Gasteiger partial charge is 0.275 e. The molecule has 0 atom stereocenters. The molecule has 0 aliphatic rings. The van der Waals surface area contributed by atoms with E-state index < -0.39 is 5.91 Å². The van der Waals surface area contributed by atoms with Crippen molar-refractivity contribution in [3.8, 4) is 11.5 Å². The van der Waals surface area contributed by atoms with Crippen molar-refractivity contribution in [1.29, 1.82) is 0 Å². The fourth-order valence-corrected chi connectivity index (χ4v) is 2.88. The van der Waals surface area contributed by atoms with Crippen molar-refractivity contribution in [3.63, 3.8) is 0 Å². The summed E-state index contributed by atoms with van der Waals surface area (Å²) in [6.07, 6.45) is 4.81. The van der Waals surface area contributed by atoms with Crippen molar-refractivity contribution in [3.05, 3.63) is 71.8 Å². The SMILES string of the molecule is CCCCCOc1ccccc1C=NNC(=O)c1cc2ccccc2cc1O. The average Bonchev–Trinajstić information content (AvgIpc) is 2.71. The van der Waals surface area contributed by atoms with Crippen LogP contribution >= 0.6 is 0 Å². The third-order valence-electron chi connectivity index (χ3n) is 4.40. The minimum absolute atomic E-state index is 0.0777. The first-order chi connectivity index (χ1) is 13.7. The third kappa shape index (κ3) is 4.88. The number of nitrogens with one attached hydrogen (secondary N) is 1. The lowest BCUT2D eigenvalue weighted by Gasteiger charge is -2.08. The number of unbranched alkanes of at least 4 members (excludes halogenated alkanes) is 2. The van der Waals surface area contributed by atoms with Crippen LogP contribution in [0.2, 0.25) is 0 Å². The second-order valence-corrected chi connectivity index (χ2v) is 6.51. The number of rotatable bonds is 8. The van der Waals surface area contributed by atoms with Crippen molar-refractivity contribution < 1.29 is 14.6 Å². The molecule has 0 saturated heterocycles. The molecule has 0 aliphatic heterocycles. The quantitative estimate of drug-likeness (QED) is 0.334. The molecule has 1 amide bonds. The van der Waals surface area contributed by atoms with Gasteiger partial charge < -0.3 is 9.84 Å². The van der Waals surface area contributed by atoms with Crippen LogP contribution in [-0.2, 0) is 0 Å². The Hall–Kier alpha value is -3.34. The highest BCUT2D eigenvalue weighted by Crippen LogP contribution is 2.25. The van der Waals surface area contributed by atoms with E-state index in [0.29, 0.717) is 6.61 Å². The lowest BCUT2D eigenvalue weighted by molar-refractivity contribution is 0.0952. The summed E-state index contributed by atoms with van der Waals surface area (Å²) in [5.74, 6) is 0.178. The molecule has 5 heteroatoms. The molecule has 0 heterocycles. The van der Waals surface area contributed by atoms with Crippen LogP contribution in [0.15, 0.2) is 65.8 Å². The zero-order chi connectivity index (χ0) is 19.8. The predicted molar refractivity (Wildman–Crippen MR) is 112 cm³/mol. The molecule has 28 heavy (non-hydrogen) atoms. The van der Waals surface area contributed by atoms with E-state index in [1.54, 1.807) is 18.3 Å². The first kappa shape index (κ1) is 19.4. The molecule has 0 radical (unpaired) electrons. The molecule has 3 aromatic carbocycles. The highest BCUT2D eigenvalue weighted by molar-refractivity contribution is 6.01. The Bertz CT molecular complexity index is 982. The second kappa shape index (κ2) is 9.55. The van der Waals surface area contributed by atoms with Crippen LogP contribution in [-0.4, -0.2) is 23.8 Å². The third-order valence-corrected chi connectivity index (χ3v) is 4.40.